The van der Waals surface area contributed by atoms with Gasteiger partial charge >= 0.3 is 6.73 Å². The monoisotopic (exact) mass is 245 g/mol. The number of nitro groups is 1. The molecule has 0 atom stereocenters. The lowest BCUT2D eigenvalue weighted by Crippen LogP contribution is -2.08. The van der Waals surface area contributed by atoms with E-state index in [2.05, 4.69) is 15.9 Å². The smallest absolute Gasteiger partial charge is 0.344 e. The molecule has 1 aromatic carbocycles. The van der Waals surface area contributed by atoms with Crippen LogP contribution in [-0.2, 0) is 5.33 Å². The van der Waals surface area contributed by atoms with E-state index in [0.29, 0.717) is 11.1 Å². The molecule has 0 radical (unpaired) electrons. The van der Waals surface area contributed by atoms with E-state index in [0.717, 1.165) is 5.56 Å². The van der Waals surface area contributed by atoms with E-state index in [-0.39, 0.29) is 0 Å². The molecule has 0 saturated carbocycles. The van der Waals surface area contributed by atoms with Crippen molar-refractivity contribution in [3.63, 3.8) is 0 Å². The van der Waals surface area contributed by atoms with Gasteiger partial charge in [-0.05, 0) is 17.7 Å². The summed E-state index contributed by atoms with van der Waals surface area (Å²) in [5, 5.41) is 10.7. The van der Waals surface area contributed by atoms with Gasteiger partial charge in [0.2, 0.25) is 0 Å². The van der Waals surface area contributed by atoms with E-state index in [4.69, 9.17) is 4.74 Å². The van der Waals surface area contributed by atoms with E-state index in [1.807, 2.05) is 6.07 Å². The molecule has 0 aromatic heterocycles. The molecule has 0 fully saturated rings. The number of alkyl halides is 1. The molecule has 0 heterocycles. The number of benzene rings is 1. The third-order valence-corrected chi connectivity index (χ3v) is 2.04. The van der Waals surface area contributed by atoms with Gasteiger partial charge in [-0.1, -0.05) is 28.1 Å². The van der Waals surface area contributed by atoms with Crippen molar-refractivity contribution < 1.29 is 9.66 Å². The average Bonchev–Trinajstić information content (AvgIpc) is 2.15. The van der Waals surface area contributed by atoms with Crippen LogP contribution in [0.3, 0.4) is 0 Å². The van der Waals surface area contributed by atoms with Gasteiger partial charge < -0.3 is 4.74 Å². The first-order chi connectivity index (χ1) is 6.22. The largest absolute Gasteiger partial charge is 0.432 e. The lowest BCUT2D eigenvalue weighted by Gasteiger charge is -2.01. The molecular formula is C8H8BrNO3. The molecule has 0 aliphatic rings. The molecule has 70 valence electrons. The summed E-state index contributed by atoms with van der Waals surface area (Å²) in [6.07, 6.45) is 0. The van der Waals surface area contributed by atoms with Crippen LogP contribution in [0.4, 0.5) is 0 Å². The van der Waals surface area contributed by atoms with Crippen LogP contribution < -0.4 is 4.74 Å². The number of halogens is 1. The lowest BCUT2D eigenvalue weighted by atomic mass is 10.2. The Hall–Kier alpha value is -1.10. The van der Waals surface area contributed by atoms with Crippen molar-refractivity contribution in [3.8, 4) is 5.75 Å². The van der Waals surface area contributed by atoms with Gasteiger partial charge in [0.25, 0.3) is 0 Å². The first-order valence-corrected chi connectivity index (χ1v) is 4.74. The highest BCUT2D eigenvalue weighted by atomic mass is 79.9. The second-order valence-electron chi connectivity index (χ2n) is 2.39. The zero-order chi connectivity index (χ0) is 9.68. The first-order valence-electron chi connectivity index (χ1n) is 3.62. The van der Waals surface area contributed by atoms with Crippen molar-refractivity contribution in [1.82, 2.24) is 0 Å². The van der Waals surface area contributed by atoms with Crippen molar-refractivity contribution in [2.75, 3.05) is 6.73 Å². The molecule has 0 saturated heterocycles. The zero-order valence-electron chi connectivity index (χ0n) is 6.77. The number of ether oxygens (including phenoxy) is 1. The molecule has 0 aliphatic heterocycles. The minimum atomic E-state index is -0.513. The summed E-state index contributed by atoms with van der Waals surface area (Å²) in [5.74, 6) is 0.522. The van der Waals surface area contributed by atoms with Crippen LogP contribution in [0.2, 0.25) is 0 Å². The minimum Gasteiger partial charge on any atom is -0.432 e. The molecule has 0 aliphatic carbocycles. The van der Waals surface area contributed by atoms with Crippen LogP contribution >= 0.6 is 15.9 Å². The number of nitrogens with zero attached hydrogens (tertiary/aromatic N) is 1. The number of hydrogen-bond acceptors (Lipinski definition) is 3. The lowest BCUT2D eigenvalue weighted by molar-refractivity contribution is -0.514. The van der Waals surface area contributed by atoms with Crippen LogP contribution in [0.15, 0.2) is 24.3 Å². The van der Waals surface area contributed by atoms with E-state index >= 15 is 0 Å². The van der Waals surface area contributed by atoms with Crippen molar-refractivity contribution in [1.29, 1.82) is 0 Å². The Morgan fingerprint density at radius 1 is 1.54 bits per heavy atom. The molecule has 0 unspecified atom stereocenters. The summed E-state index contributed by atoms with van der Waals surface area (Å²) in [6.45, 7) is -0.494. The second kappa shape index (κ2) is 4.81. The summed E-state index contributed by atoms with van der Waals surface area (Å²) in [6, 6.07) is 7.16. The Morgan fingerprint density at radius 2 is 2.31 bits per heavy atom. The van der Waals surface area contributed by atoms with Crippen molar-refractivity contribution >= 4 is 15.9 Å². The fourth-order valence-electron chi connectivity index (χ4n) is 0.846. The van der Waals surface area contributed by atoms with Crippen LogP contribution in [0, 0.1) is 10.1 Å². The standard InChI is InChI=1S/C8H8BrNO3/c9-5-7-2-1-3-8(4-7)13-6-10(11)12/h1-4H,5-6H2. The highest BCUT2D eigenvalue weighted by molar-refractivity contribution is 9.08. The summed E-state index contributed by atoms with van der Waals surface area (Å²) >= 11 is 3.28. The molecule has 1 aromatic rings. The maximum absolute atomic E-state index is 10.00. The topological polar surface area (TPSA) is 52.4 Å². The van der Waals surface area contributed by atoms with Gasteiger partial charge in [-0.2, -0.15) is 0 Å². The van der Waals surface area contributed by atoms with Crippen LogP contribution in [-0.4, -0.2) is 11.7 Å². The van der Waals surface area contributed by atoms with Crippen molar-refractivity contribution in [2.24, 2.45) is 0 Å². The predicted octanol–water partition coefficient (Wildman–Crippen LogP) is 2.19. The molecule has 0 amide bonds. The van der Waals surface area contributed by atoms with Gasteiger partial charge in [-0.15, -0.1) is 0 Å². The SMILES string of the molecule is O=[N+]([O-])COc1cccc(CBr)c1. The number of rotatable bonds is 4. The van der Waals surface area contributed by atoms with Crippen LogP contribution in [0.25, 0.3) is 0 Å². The average molecular weight is 246 g/mol. The summed E-state index contributed by atoms with van der Waals surface area (Å²) in [7, 11) is 0. The van der Waals surface area contributed by atoms with Gasteiger partial charge in [0.1, 0.15) is 5.75 Å². The van der Waals surface area contributed by atoms with Crippen LogP contribution in [0.1, 0.15) is 5.56 Å². The van der Waals surface area contributed by atoms with Crippen molar-refractivity contribution in [3.05, 3.63) is 39.9 Å². The highest BCUT2D eigenvalue weighted by Crippen LogP contribution is 2.15. The third kappa shape index (κ3) is 3.42. The van der Waals surface area contributed by atoms with E-state index in [1.54, 1.807) is 18.2 Å². The fraction of sp³-hybridized carbons (Fsp3) is 0.250. The Morgan fingerprint density at radius 3 is 2.92 bits per heavy atom. The van der Waals surface area contributed by atoms with Gasteiger partial charge in [-0.25, -0.2) is 0 Å². The third-order valence-electron chi connectivity index (χ3n) is 1.39. The normalized spacial score (nSPS) is 9.62. The zero-order valence-corrected chi connectivity index (χ0v) is 8.36. The first kappa shape index (κ1) is 9.98. The van der Waals surface area contributed by atoms with Crippen molar-refractivity contribution in [2.45, 2.75) is 5.33 Å². The molecule has 0 spiro atoms. The van der Waals surface area contributed by atoms with E-state index in [1.165, 1.54) is 0 Å². The summed E-state index contributed by atoms with van der Waals surface area (Å²) in [5.41, 5.74) is 1.03. The van der Waals surface area contributed by atoms with E-state index < -0.39 is 11.7 Å². The molecule has 5 heteroatoms. The Bertz CT molecular complexity index is 303. The Labute approximate surface area is 83.8 Å². The maximum atomic E-state index is 10.00. The molecule has 4 nitrogen and oxygen atoms in total. The maximum Gasteiger partial charge on any atom is 0.344 e. The van der Waals surface area contributed by atoms with Gasteiger partial charge in [0.05, 0.1) is 4.92 Å². The fourth-order valence-corrected chi connectivity index (χ4v) is 1.19. The predicted molar refractivity (Wildman–Crippen MR) is 51.6 cm³/mol. The molecule has 0 bridgehead atoms. The summed E-state index contributed by atoms with van der Waals surface area (Å²) < 4.78 is 4.89. The van der Waals surface area contributed by atoms with Gasteiger partial charge in [-0.3, -0.25) is 10.1 Å². The molecule has 1 rings (SSSR count). The summed E-state index contributed by atoms with van der Waals surface area (Å²) in [4.78, 5) is 9.49. The second-order valence-corrected chi connectivity index (χ2v) is 2.95. The number of hydrogen-bond donors (Lipinski definition) is 0. The highest BCUT2D eigenvalue weighted by Gasteiger charge is 1.99. The van der Waals surface area contributed by atoms with Gasteiger partial charge in [0, 0.05) is 5.33 Å². The minimum absolute atomic E-state index is 0.494. The Balaban J connectivity index is 2.61. The quantitative estimate of drug-likeness (QED) is 0.354. The molecular weight excluding hydrogens is 238 g/mol. The molecule has 13 heavy (non-hydrogen) atoms. The van der Waals surface area contributed by atoms with Crippen LogP contribution in [0.5, 0.6) is 5.75 Å². The van der Waals surface area contributed by atoms with Gasteiger partial charge in [0.15, 0.2) is 0 Å². The Kier molecular flexibility index (Phi) is 3.70. The molecule has 0 N–H and O–H groups in total. The van der Waals surface area contributed by atoms with E-state index in [9.17, 15) is 10.1 Å².